The maximum atomic E-state index is 13.0. The van der Waals surface area contributed by atoms with Gasteiger partial charge in [-0.2, -0.15) is 4.68 Å². The summed E-state index contributed by atoms with van der Waals surface area (Å²) in [7, 11) is 0. The summed E-state index contributed by atoms with van der Waals surface area (Å²) >= 11 is 1.39. The van der Waals surface area contributed by atoms with Crippen molar-refractivity contribution in [2.24, 2.45) is 0 Å². The molecule has 2 heterocycles. The topological polar surface area (TPSA) is 63.9 Å². The highest BCUT2D eigenvalue weighted by Gasteiger charge is 2.29. The van der Waals surface area contributed by atoms with Crippen LogP contribution in [0.5, 0.6) is 0 Å². The average molecular weight is 394 g/mol. The molecule has 0 saturated heterocycles. The van der Waals surface area contributed by atoms with E-state index in [9.17, 15) is 4.79 Å². The Balaban J connectivity index is 1.51. The second-order valence-corrected chi connectivity index (χ2v) is 8.56. The fourth-order valence-corrected chi connectivity index (χ4v) is 4.28. The summed E-state index contributed by atoms with van der Waals surface area (Å²) in [6.07, 6.45) is 0.902. The molecule has 1 amide bonds. The number of carbonyl (C=O) groups is 1. The second-order valence-electron chi connectivity index (χ2n) is 7.25. The molecule has 3 aromatic rings. The minimum absolute atomic E-state index is 0.0830. The third kappa shape index (κ3) is 3.54. The quantitative estimate of drug-likeness (QED) is 0.616. The van der Waals surface area contributed by atoms with E-state index in [1.54, 1.807) is 4.68 Å². The van der Waals surface area contributed by atoms with Crippen molar-refractivity contribution in [3.05, 3.63) is 59.7 Å². The Morgan fingerprint density at radius 3 is 2.57 bits per heavy atom. The van der Waals surface area contributed by atoms with E-state index >= 15 is 0 Å². The maximum Gasteiger partial charge on any atom is 0.240 e. The van der Waals surface area contributed by atoms with Gasteiger partial charge < -0.3 is 4.90 Å². The lowest BCUT2D eigenvalue weighted by Gasteiger charge is -2.21. The van der Waals surface area contributed by atoms with Gasteiger partial charge in [0.2, 0.25) is 11.1 Å². The van der Waals surface area contributed by atoms with Gasteiger partial charge in [-0.25, -0.2) is 0 Å². The molecule has 1 unspecified atom stereocenters. The van der Waals surface area contributed by atoms with E-state index in [0.717, 1.165) is 24.3 Å². The van der Waals surface area contributed by atoms with Crippen molar-refractivity contribution < 1.29 is 4.79 Å². The van der Waals surface area contributed by atoms with Crippen LogP contribution in [-0.2, 0) is 11.2 Å². The summed E-state index contributed by atoms with van der Waals surface area (Å²) in [6.45, 7) is 6.97. The number of hydrogen-bond donors (Lipinski definition) is 0. The number of benzene rings is 2. The highest BCUT2D eigenvalue weighted by molar-refractivity contribution is 8.00. The van der Waals surface area contributed by atoms with Gasteiger partial charge in [-0.15, -0.1) is 5.10 Å². The van der Waals surface area contributed by atoms with Crippen molar-refractivity contribution in [3.8, 4) is 5.69 Å². The molecule has 0 N–H and O–H groups in total. The Kier molecular flexibility index (Phi) is 5.17. The van der Waals surface area contributed by atoms with E-state index in [2.05, 4.69) is 47.6 Å². The molecule has 1 aromatic heterocycles. The molecule has 0 fully saturated rings. The number of nitrogens with zero attached hydrogens (tertiary/aromatic N) is 5. The zero-order chi connectivity index (χ0) is 19.7. The maximum absolute atomic E-state index is 13.0. The van der Waals surface area contributed by atoms with Crippen LogP contribution >= 0.6 is 11.8 Å². The van der Waals surface area contributed by atoms with Gasteiger partial charge >= 0.3 is 0 Å². The highest BCUT2D eigenvalue weighted by Crippen LogP contribution is 2.31. The molecule has 0 radical (unpaired) electrons. The van der Waals surface area contributed by atoms with Gasteiger partial charge in [0.15, 0.2) is 0 Å². The lowest BCUT2D eigenvalue weighted by molar-refractivity contribution is -0.117. The minimum atomic E-state index is -0.286. The van der Waals surface area contributed by atoms with E-state index in [-0.39, 0.29) is 11.2 Å². The molecule has 6 nitrogen and oxygen atoms in total. The molecule has 0 aliphatic carbocycles. The second kappa shape index (κ2) is 7.75. The first kappa shape index (κ1) is 18.7. The Morgan fingerprint density at radius 2 is 1.82 bits per heavy atom. The fourth-order valence-electron chi connectivity index (χ4n) is 3.41. The zero-order valence-electron chi connectivity index (χ0n) is 16.2. The number of fused-ring (bicyclic) bond motifs is 1. The summed E-state index contributed by atoms with van der Waals surface area (Å²) in [5.41, 5.74) is 4.40. The van der Waals surface area contributed by atoms with Crippen LogP contribution in [0.2, 0.25) is 0 Å². The molecular formula is C21H23N5OS. The largest absolute Gasteiger partial charge is 0.311 e. The number of rotatable bonds is 5. The normalized spacial score (nSPS) is 14.4. The summed E-state index contributed by atoms with van der Waals surface area (Å²) in [6, 6.07) is 16.3. The van der Waals surface area contributed by atoms with Gasteiger partial charge in [0.1, 0.15) is 0 Å². The number of aromatic nitrogens is 4. The molecule has 0 saturated carbocycles. The lowest BCUT2D eigenvalue weighted by atomic mass is 10.0. The predicted molar refractivity (Wildman–Crippen MR) is 111 cm³/mol. The molecule has 1 aliphatic heterocycles. The molecule has 4 rings (SSSR count). The SMILES string of the molecule is CC(Sc1nnnn1-c1ccc(C(C)C)cc1)C(=O)N1CCc2ccccc21. The van der Waals surface area contributed by atoms with Crippen molar-refractivity contribution in [2.45, 2.75) is 43.5 Å². The van der Waals surface area contributed by atoms with Gasteiger partial charge in [-0.1, -0.05) is 55.9 Å². The van der Waals surface area contributed by atoms with Crippen molar-refractivity contribution >= 4 is 23.4 Å². The van der Waals surface area contributed by atoms with Crippen LogP contribution in [0, 0.1) is 0 Å². The number of thioether (sulfide) groups is 1. The molecule has 144 valence electrons. The van der Waals surface area contributed by atoms with E-state index in [1.807, 2.05) is 42.2 Å². The zero-order valence-corrected chi connectivity index (χ0v) is 17.1. The van der Waals surface area contributed by atoms with Crippen LogP contribution in [0.25, 0.3) is 5.69 Å². The summed E-state index contributed by atoms with van der Waals surface area (Å²) in [4.78, 5) is 14.9. The number of anilines is 1. The van der Waals surface area contributed by atoms with Crippen LogP contribution in [-0.4, -0.2) is 37.9 Å². The molecule has 7 heteroatoms. The van der Waals surface area contributed by atoms with Crippen LogP contribution in [0.3, 0.4) is 0 Å². The Morgan fingerprint density at radius 1 is 1.07 bits per heavy atom. The molecule has 0 spiro atoms. The molecule has 1 aliphatic rings. The van der Waals surface area contributed by atoms with Crippen LogP contribution in [0.15, 0.2) is 53.7 Å². The van der Waals surface area contributed by atoms with E-state index in [1.165, 1.54) is 22.9 Å². The highest BCUT2D eigenvalue weighted by atomic mass is 32.2. The lowest BCUT2D eigenvalue weighted by Crippen LogP contribution is -2.35. The number of amides is 1. The predicted octanol–water partition coefficient (Wildman–Crippen LogP) is 3.86. The standard InChI is InChI=1S/C21H23N5OS/c1-14(2)16-8-10-18(11-9-16)26-21(22-23-24-26)28-15(3)20(27)25-13-12-17-6-4-5-7-19(17)25/h4-11,14-15H,12-13H2,1-3H3. The molecule has 0 bridgehead atoms. The first-order valence-corrected chi connectivity index (χ1v) is 10.4. The van der Waals surface area contributed by atoms with Gasteiger partial charge in [-0.3, -0.25) is 4.79 Å². The van der Waals surface area contributed by atoms with Gasteiger partial charge in [0, 0.05) is 12.2 Å². The smallest absolute Gasteiger partial charge is 0.240 e. The molecule has 2 aromatic carbocycles. The number of hydrogen-bond acceptors (Lipinski definition) is 5. The molecule has 1 atom stereocenters. The minimum Gasteiger partial charge on any atom is -0.311 e. The van der Waals surface area contributed by atoms with Crippen molar-refractivity contribution in [2.75, 3.05) is 11.4 Å². The Hall–Kier alpha value is -2.67. The first-order valence-electron chi connectivity index (χ1n) is 9.49. The average Bonchev–Trinajstić information content (AvgIpc) is 3.34. The summed E-state index contributed by atoms with van der Waals surface area (Å²) < 4.78 is 1.69. The van der Waals surface area contributed by atoms with Gasteiger partial charge in [0.05, 0.1) is 10.9 Å². The van der Waals surface area contributed by atoms with E-state index in [0.29, 0.717) is 11.1 Å². The van der Waals surface area contributed by atoms with Crippen molar-refractivity contribution in [1.82, 2.24) is 20.2 Å². The third-order valence-electron chi connectivity index (χ3n) is 5.03. The van der Waals surface area contributed by atoms with Gasteiger partial charge in [-0.05, 0) is 59.0 Å². The van der Waals surface area contributed by atoms with E-state index < -0.39 is 0 Å². The third-order valence-corrected chi connectivity index (χ3v) is 6.05. The van der Waals surface area contributed by atoms with Gasteiger partial charge in [0.25, 0.3) is 0 Å². The van der Waals surface area contributed by atoms with Crippen LogP contribution in [0.4, 0.5) is 5.69 Å². The Labute approximate surface area is 168 Å². The molecule has 28 heavy (non-hydrogen) atoms. The van der Waals surface area contributed by atoms with Crippen molar-refractivity contribution in [1.29, 1.82) is 0 Å². The summed E-state index contributed by atoms with van der Waals surface area (Å²) in [5, 5.41) is 12.4. The first-order chi connectivity index (χ1) is 13.5. The molecular weight excluding hydrogens is 370 g/mol. The van der Waals surface area contributed by atoms with Crippen molar-refractivity contribution in [3.63, 3.8) is 0 Å². The van der Waals surface area contributed by atoms with Crippen LogP contribution < -0.4 is 4.90 Å². The Bertz CT molecular complexity index is 982. The number of tetrazole rings is 1. The van der Waals surface area contributed by atoms with Crippen LogP contribution in [0.1, 0.15) is 37.8 Å². The van der Waals surface area contributed by atoms with E-state index in [4.69, 9.17) is 0 Å². The fraction of sp³-hybridized carbons (Fsp3) is 0.333. The summed E-state index contributed by atoms with van der Waals surface area (Å²) in [5.74, 6) is 0.553. The monoisotopic (exact) mass is 393 g/mol. The number of para-hydroxylation sites is 1. The number of carbonyl (C=O) groups excluding carboxylic acids is 1.